The molecule has 0 unspecified atom stereocenters. The van der Waals surface area contributed by atoms with Gasteiger partial charge >= 0.3 is 0 Å². The van der Waals surface area contributed by atoms with Crippen molar-refractivity contribution in [2.24, 2.45) is 0 Å². The van der Waals surface area contributed by atoms with Gasteiger partial charge in [0.05, 0.1) is 5.56 Å². The number of halogens is 1. The zero-order valence-electron chi connectivity index (χ0n) is 10.2. The number of hydrogen-bond acceptors (Lipinski definition) is 2. The van der Waals surface area contributed by atoms with E-state index in [4.69, 9.17) is 10.00 Å². The maximum atomic E-state index is 13.4. The highest BCUT2D eigenvalue weighted by Gasteiger charge is 2.06. The van der Waals surface area contributed by atoms with Crippen molar-refractivity contribution in [2.45, 2.75) is 13.8 Å². The first kappa shape index (κ1) is 12.1. The van der Waals surface area contributed by atoms with Gasteiger partial charge in [-0.05, 0) is 43.2 Å². The minimum atomic E-state index is -0.321. The molecule has 0 saturated carbocycles. The van der Waals surface area contributed by atoms with Crippen molar-refractivity contribution in [3.63, 3.8) is 0 Å². The molecule has 0 atom stereocenters. The SMILES string of the molecule is Cc1ccc(Oc2ccc(C)c(F)c2)c(C#N)c1. The van der Waals surface area contributed by atoms with Gasteiger partial charge in [0.15, 0.2) is 0 Å². The van der Waals surface area contributed by atoms with Crippen molar-refractivity contribution < 1.29 is 9.13 Å². The van der Waals surface area contributed by atoms with E-state index in [1.165, 1.54) is 6.07 Å². The van der Waals surface area contributed by atoms with E-state index in [1.54, 1.807) is 31.2 Å². The largest absolute Gasteiger partial charge is 0.456 e. The maximum absolute atomic E-state index is 13.4. The van der Waals surface area contributed by atoms with E-state index in [1.807, 2.05) is 13.0 Å². The van der Waals surface area contributed by atoms with Gasteiger partial charge in [-0.25, -0.2) is 4.39 Å². The number of hydrogen-bond donors (Lipinski definition) is 0. The lowest BCUT2D eigenvalue weighted by molar-refractivity contribution is 0.474. The van der Waals surface area contributed by atoms with Crippen LogP contribution in [0, 0.1) is 31.0 Å². The fraction of sp³-hybridized carbons (Fsp3) is 0.133. The van der Waals surface area contributed by atoms with Gasteiger partial charge in [0, 0.05) is 6.07 Å². The van der Waals surface area contributed by atoms with Gasteiger partial charge in [-0.2, -0.15) is 5.26 Å². The van der Waals surface area contributed by atoms with Crippen LogP contribution in [0.4, 0.5) is 4.39 Å². The highest BCUT2D eigenvalue weighted by Crippen LogP contribution is 2.26. The number of aryl methyl sites for hydroxylation is 2. The minimum absolute atomic E-state index is 0.321. The summed E-state index contributed by atoms with van der Waals surface area (Å²) in [4.78, 5) is 0. The van der Waals surface area contributed by atoms with Crippen molar-refractivity contribution in [1.29, 1.82) is 5.26 Å². The average molecular weight is 241 g/mol. The Hall–Kier alpha value is -2.34. The molecule has 0 radical (unpaired) electrons. The fourth-order valence-corrected chi connectivity index (χ4v) is 1.58. The fourth-order valence-electron chi connectivity index (χ4n) is 1.58. The van der Waals surface area contributed by atoms with Gasteiger partial charge < -0.3 is 4.74 Å². The summed E-state index contributed by atoms with van der Waals surface area (Å²) in [6.07, 6.45) is 0. The molecule has 0 amide bonds. The highest BCUT2D eigenvalue weighted by atomic mass is 19.1. The van der Waals surface area contributed by atoms with Crippen molar-refractivity contribution >= 4 is 0 Å². The Morgan fingerprint density at radius 2 is 1.89 bits per heavy atom. The van der Waals surface area contributed by atoms with Crippen LogP contribution in [0.2, 0.25) is 0 Å². The zero-order chi connectivity index (χ0) is 13.1. The Morgan fingerprint density at radius 3 is 2.56 bits per heavy atom. The van der Waals surface area contributed by atoms with E-state index in [0.717, 1.165) is 5.56 Å². The van der Waals surface area contributed by atoms with Crippen molar-refractivity contribution in [3.8, 4) is 17.6 Å². The first-order chi connectivity index (χ1) is 8.60. The van der Waals surface area contributed by atoms with Gasteiger partial charge in [0.1, 0.15) is 23.4 Å². The molecular formula is C15H12FNO. The zero-order valence-corrected chi connectivity index (χ0v) is 10.2. The standard InChI is InChI=1S/C15H12FNO/c1-10-3-6-15(12(7-10)9-17)18-13-5-4-11(2)14(16)8-13/h3-8H,1-2H3. The third-order valence-electron chi connectivity index (χ3n) is 2.63. The Balaban J connectivity index is 2.34. The summed E-state index contributed by atoms with van der Waals surface area (Å²) in [5.74, 6) is 0.503. The third-order valence-corrected chi connectivity index (χ3v) is 2.63. The van der Waals surface area contributed by atoms with Gasteiger partial charge in [0.25, 0.3) is 0 Å². The lowest BCUT2D eigenvalue weighted by Gasteiger charge is -2.08. The Labute approximate surface area is 105 Å². The molecule has 0 aliphatic carbocycles. The Morgan fingerprint density at radius 1 is 1.11 bits per heavy atom. The van der Waals surface area contributed by atoms with E-state index in [-0.39, 0.29) is 5.82 Å². The highest BCUT2D eigenvalue weighted by molar-refractivity contribution is 5.47. The number of nitriles is 1. The molecule has 0 heterocycles. The molecule has 2 rings (SSSR count). The first-order valence-corrected chi connectivity index (χ1v) is 5.55. The molecule has 3 heteroatoms. The lowest BCUT2D eigenvalue weighted by Crippen LogP contribution is -1.91. The third kappa shape index (κ3) is 2.49. The molecule has 2 nitrogen and oxygen atoms in total. The van der Waals surface area contributed by atoms with E-state index in [9.17, 15) is 4.39 Å². The van der Waals surface area contributed by atoms with E-state index in [2.05, 4.69) is 6.07 Å². The lowest BCUT2D eigenvalue weighted by atomic mass is 10.1. The molecule has 0 aliphatic rings. The number of nitrogens with zero attached hydrogens (tertiary/aromatic N) is 1. The van der Waals surface area contributed by atoms with Crippen molar-refractivity contribution in [3.05, 3.63) is 58.9 Å². The van der Waals surface area contributed by atoms with Crippen LogP contribution in [0.1, 0.15) is 16.7 Å². The van der Waals surface area contributed by atoms with Crippen molar-refractivity contribution in [2.75, 3.05) is 0 Å². The molecule has 0 spiro atoms. The monoisotopic (exact) mass is 241 g/mol. The quantitative estimate of drug-likeness (QED) is 0.792. The van der Waals surface area contributed by atoms with Crippen LogP contribution in [-0.2, 0) is 0 Å². The predicted octanol–water partition coefficient (Wildman–Crippen LogP) is 4.11. The second-order valence-electron chi connectivity index (χ2n) is 4.12. The molecule has 0 bridgehead atoms. The predicted molar refractivity (Wildman–Crippen MR) is 67.1 cm³/mol. The van der Waals surface area contributed by atoms with E-state index >= 15 is 0 Å². The van der Waals surface area contributed by atoms with Crippen LogP contribution < -0.4 is 4.74 Å². The Bertz CT molecular complexity index is 629. The smallest absolute Gasteiger partial charge is 0.145 e. The number of rotatable bonds is 2. The molecule has 90 valence electrons. The van der Waals surface area contributed by atoms with E-state index in [0.29, 0.717) is 22.6 Å². The van der Waals surface area contributed by atoms with Crippen LogP contribution in [0.5, 0.6) is 11.5 Å². The molecule has 2 aromatic carbocycles. The number of ether oxygens (including phenoxy) is 1. The van der Waals surface area contributed by atoms with Gasteiger partial charge in [0.2, 0.25) is 0 Å². The van der Waals surface area contributed by atoms with Crippen LogP contribution in [0.25, 0.3) is 0 Å². The van der Waals surface area contributed by atoms with Gasteiger partial charge in [-0.1, -0.05) is 12.1 Å². The summed E-state index contributed by atoms with van der Waals surface area (Å²) in [7, 11) is 0. The van der Waals surface area contributed by atoms with Crippen LogP contribution in [0.3, 0.4) is 0 Å². The summed E-state index contributed by atoms with van der Waals surface area (Å²) >= 11 is 0. The summed E-state index contributed by atoms with van der Waals surface area (Å²) in [5.41, 5.74) is 1.98. The number of benzene rings is 2. The molecule has 0 saturated heterocycles. The Kier molecular flexibility index (Phi) is 3.29. The summed E-state index contributed by atoms with van der Waals surface area (Å²) in [5, 5.41) is 9.02. The molecule has 0 aromatic heterocycles. The van der Waals surface area contributed by atoms with Gasteiger partial charge in [-0.15, -0.1) is 0 Å². The summed E-state index contributed by atoms with van der Waals surface area (Å²) in [6, 6.07) is 12.0. The average Bonchev–Trinajstić information content (AvgIpc) is 2.36. The summed E-state index contributed by atoms with van der Waals surface area (Å²) < 4.78 is 18.9. The van der Waals surface area contributed by atoms with Crippen LogP contribution in [0.15, 0.2) is 36.4 Å². The minimum Gasteiger partial charge on any atom is -0.456 e. The molecule has 2 aromatic rings. The molecule has 0 fully saturated rings. The van der Waals surface area contributed by atoms with Crippen LogP contribution >= 0.6 is 0 Å². The molecular weight excluding hydrogens is 229 g/mol. The van der Waals surface area contributed by atoms with Gasteiger partial charge in [-0.3, -0.25) is 0 Å². The topological polar surface area (TPSA) is 33.0 Å². The normalized spacial score (nSPS) is 9.89. The van der Waals surface area contributed by atoms with Crippen molar-refractivity contribution in [1.82, 2.24) is 0 Å². The molecule has 18 heavy (non-hydrogen) atoms. The second kappa shape index (κ2) is 4.89. The first-order valence-electron chi connectivity index (χ1n) is 5.55. The molecule has 0 aliphatic heterocycles. The maximum Gasteiger partial charge on any atom is 0.145 e. The summed E-state index contributed by atoms with van der Waals surface area (Å²) in [6.45, 7) is 3.59. The van der Waals surface area contributed by atoms with E-state index < -0.39 is 0 Å². The second-order valence-corrected chi connectivity index (χ2v) is 4.12. The van der Waals surface area contributed by atoms with Crippen LogP contribution in [-0.4, -0.2) is 0 Å². The molecule has 0 N–H and O–H groups in total.